The van der Waals surface area contributed by atoms with Crippen molar-refractivity contribution in [2.75, 3.05) is 38.1 Å². The highest BCUT2D eigenvalue weighted by Gasteiger charge is 2.22. The normalized spacial score (nSPS) is 16.7. The average Bonchev–Trinajstić information content (AvgIpc) is 3.15. The summed E-state index contributed by atoms with van der Waals surface area (Å²) in [5.41, 5.74) is 2.63. The molecule has 2 aromatic carbocycles. The van der Waals surface area contributed by atoms with Gasteiger partial charge >= 0.3 is 0 Å². The summed E-state index contributed by atoms with van der Waals surface area (Å²) in [4.78, 5) is 9.61. The van der Waals surface area contributed by atoms with Crippen molar-refractivity contribution < 1.29 is 0 Å². The van der Waals surface area contributed by atoms with Crippen molar-refractivity contribution in [3.63, 3.8) is 0 Å². The minimum absolute atomic E-state index is 0. The second-order valence-electron chi connectivity index (χ2n) is 6.97. The third kappa shape index (κ3) is 6.41. The van der Waals surface area contributed by atoms with E-state index in [1.165, 1.54) is 17.7 Å². The minimum Gasteiger partial charge on any atom is -0.371 e. The van der Waals surface area contributed by atoms with Gasteiger partial charge in [0.2, 0.25) is 0 Å². The van der Waals surface area contributed by atoms with E-state index in [2.05, 4.69) is 89.8 Å². The number of aliphatic imine (C=N–C) groups is 1. The van der Waals surface area contributed by atoms with E-state index in [9.17, 15) is 0 Å². The Morgan fingerprint density at radius 3 is 2.44 bits per heavy atom. The Kier molecular flexibility index (Phi) is 8.91. The average molecular weight is 478 g/mol. The lowest BCUT2D eigenvalue weighted by Crippen LogP contribution is -2.38. The molecule has 1 N–H and O–H groups in total. The van der Waals surface area contributed by atoms with E-state index in [1.807, 2.05) is 0 Å². The molecule has 0 spiro atoms. The molecule has 1 saturated heterocycles. The first-order chi connectivity index (χ1) is 12.8. The summed E-state index contributed by atoms with van der Waals surface area (Å²) in [5.74, 6) is 1.61. The van der Waals surface area contributed by atoms with Gasteiger partial charge in [0.25, 0.3) is 0 Å². The Hall–Kier alpha value is -1.76. The van der Waals surface area contributed by atoms with Crippen LogP contribution in [0.25, 0.3) is 0 Å². The monoisotopic (exact) mass is 478 g/mol. The third-order valence-corrected chi connectivity index (χ3v) is 4.87. The van der Waals surface area contributed by atoms with Gasteiger partial charge in [0.1, 0.15) is 0 Å². The molecule has 1 atom stereocenters. The molecule has 0 saturated carbocycles. The molecule has 5 heteroatoms. The number of anilines is 1. The smallest absolute Gasteiger partial charge is 0.193 e. The van der Waals surface area contributed by atoms with Crippen LogP contribution in [-0.2, 0) is 6.54 Å². The molecule has 4 nitrogen and oxygen atoms in total. The summed E-state index contributed by atoms with van der Waals surface area (Å²) in [6.07, 6.45) is 1.21. The van der Waals surface area contributed by atoms with E-state index in [0.717, 1.165) is 38.7 Å². The number of benzene rings is 2. The Balaban J connectivity index is 0.00000261. The van der Waals surface area contributed by atoms with E-state index in [0.29, 0.717) is 5.92 Å². The first-order valence-corrected chi connectivity index (χ1v) is 9.59. The highest BCUT2D eigenvalue weighted by molar-refractivity contribution is 14.0. The zero-order chi connectivity index (χ0) is 18.2. The summed E-state index contributed by atoms with van der Waals surface area (Å²) in [5, 5.41) is 3.43. The molecule has 1 unspecified atom stereocenters. The minimum atomic E-state index is 0. The molecule has 146 valence electrons. The molecule has 2 aromatic rings. The molecule has 1 heterocycles. The van der Waals surface area contributed by atoms with Crippen LogP contribution in [0.3, 0.4) is 0 Å². The molecular weight excluding hydrogens is 447 g/mol. The molecule has 0 aliphatic carbocycles. The summed E-state index contributed by atoms with van der Waals surface area (Å²) in [7, 11) is 2.11. The Labute approximate surface area is 180 Å². The van der Waals surface area contributed by atoms with Gasteiger partial charge in [0.15, 0.2) is 5.96 Å². The quantitative estimate of drug-likeness (QED) is 0.383. The van der Waals surface area contributed by atoms with Crippen molar-refractivity contribution in [1.82, 2.24) is 10.2 Å². The molecule has 3 rings (SSSR count). The van der Waals surface area contributed by atoms with Crippen LogP contribution in [0.4, 0.5) is 5.69 Å². The Bertz CT molecular complexity index is 690. The van der Waals surface area contributed by atoms with Crippen molar-refractivity contribution >= 4 is 35.6 Å². The SMILES string of the molecule is CCNC(=NCC1CCN(c2ccccc2)C1)N(C)Cc1ccccc1.I. The molecule has 27 heavy (non-hydrogen) atoms. The first-order valence-electron chi connectivity index (χ1n) is 9.59. The van der Waals surface area contributed by atoms with Gasteiger partial charge in [-0.05, 0) is 37.0 Å². The van der Waals surface area contributed by atoms with Crippen molar-refractivity contribution in [1.29, 1.82) is 0 Å². The van der Waals surface area contributed by atoms with E-state index in [-0.39, 0.29) is 24.0 Å². The number of rotatable bonds is 6. The lowest BCUT2D eigenvalue weighted by atomic mass is 10.1. The van der Waals surface area contributed by atoms with Crippen LogP contribution in [0.1, 0.15) is 18.9 Å². The van der Waals surface area contributed by atoms with Gasteiger partial charge in [-0.3, -0.25) is 4.99 Å². The van der Waals surface area contributed by atoms with Gasteiger partial charge in [-0.15, -0.1) is 24.0 Å². The Morgan fingerprint density at radius 2 is 1.78 bits per heavy atom. The highest BCUT2D eigenvalue weighted by Crippen LogP contribution is 2.23. The van der Waals surface area contributed by atoms with Crippen LogP contribution in [-0.4, -0.2) is 44.1 Å². The number of nitrogens with one attached hydrogen (secondary N) is 1. The van der Waals surface area contributed by atoms with Crippen LogP contribution in [0.2, 0.25) is 0 Å². The lowest BCUT2D eigenvalue weighted by Gasteiger charge is -2.23. The molecule has 1 aliphatic heterocycles. The summed E-state index contributed by atoms with van der Waals surface area (Å²) < 4.78 is 0. The number of guanidine groups is 1. The number of halogens is 1. The topological polar surface area (TPSA) is 30.9 Å². The lowest BCUT2D eigenvalue weighted by molar-refractivity contribution is 0.472. The molecule has 0 aromatic heterocycles. The predicted octanol–water partition coefficient (Wildman–Crippen LogP) is 4.23. The van der Waals surface area contributed by atoms with Crippen molar-refractivity contribution in [3.8, 4) is 0 Å². The van der Waals surface area contributed by atoms with E-state index in [4.69, 9.17) is 4.99 Å². The predicted molar refractivity (Wildman–Crippen MR) is 126 cm³/mol. The van der Waals surface area contributed by atoms with E-state index < -0.39 is 0 Å². The zero-order valence-electron chi connectivity index (χ0n) is 16.3. The van der Waals surface area contributed by atoms with E-state index >= 15 is 0 Å². The number of hydrogen-bond acceptors (Lipinski definition) is 2. The van der Waals surface area contributed by atoms with Gasteiger partial charge in [-0.1, -0.05) is 48.5 Å². The molecular formula is C22H31IN4. The molecule has 1 aliphatic rings. The van der Waals surface area contributed by atoms with Gasteiger partial charge in [0, 0.05) is 45.5 Å². The molecule has 0 amide bonds. The van der Waals surface area contributed by atoms with Crippen LogP contribution >= 0.6 is 24.0 Å². The molecule has 0 bridgehead atoms. The molecule has 1 fully saturated rings. The van der Waals surface area contributed by atoms with Crippen molar-refractivity contribution in [3.05, 3.63) is 66.2 Å². The standard InChI is InChI=1S/C22H30N4.HI/c1-3-23-22(25(2)17-19-10-6-4-7-11-19)24-16-20-14-15-26(18-20)21-12-8-5-9-13-21;/h4-13,20H,3,14-18H2,1-2H3,(H,23,24);1H. The summed E-state index contributed by atoms with van der Waals surface area (Å²) in [6.45, 7) is 6.98. The molecule has 0 radical (unpaired) electrons. The van der Waals surface area contributed by atoms with Crippen molar-refractivity contribution in [2.24, 2.45) is 10.9 Å². The Morgan fingerprint density at radius 1 is 1.11 bits per heavy atom. The van der Waals surface area contributed by atoms with Gasteiger partial charge in [-0.2, -0.15) is 0 Å². The first kappa shape index (κ1) is 21.5. The van der Waals surface area contributed by atoms with Crippen molar-refractivity contribution in [2.45, 2.75) is 19.9 Å². The zero-order valence-corrected chi connectivity index (χ0v) is 18.7. The number of nitrogens with zero attached hydrogens (tertiary/aromatic N) is 3. The fraction of sp³-hybridized carbons (Fsp3) is 0.409. The highest BCUT2D eigenvalue weighted by atomic mass is 127. The largest absolute Gasteiger partial charge is 0.371 e. The second kappa shape index (κ2) is 11.2. The van der Waals surface area contributed by atoms with Gasteiger partial charge in [0.05, 0.1) is 0 Å². The third-order valence-electron chi connectivity index (χ3n) is 4.87. The summed E-state index contributed by atoms with van der Waals surface area (Å²) in [6, 6.07) is 21.3. The number of para-hydroxylation sites is 1. The maximum absolute atomic E-state index is 4.92. The van der Waals surface area contributed by atoms with E-state index in [1.54, 1.807) is 0 Å². The fourth-order valence-corrected chi connectivity index (χ4v) is 3.47. The maximum Gasteiger partial charge on any atom is 0.193 e. The van der Waals surface area contributed by atoms with Crippen LogP contribution < -0.4 is 10.2 Å². The van der Waals surface area contributed by atoms with Crippen LogP contribution in [0.15, 0.2) is 65.7 Å². The summed E-state index contributed by atoms with van der Waals surface area (Å²) >= 11 is 0. The van der Waals surface area contributed by atoms with Gasteiger partial charge in [-0.25, -0.2) is 0 Å². The van der Waals surface area contributed by atoms with Crippen LogP contribution in [0, 0.1) is 5.92 Å². The maximum atomic E-state index is 4.92. The van der Waals surface area contributed by atoms with Gasteiger partial charge < -0.3 is 15.1 Å². The fourth-order valence-electron chi connectivity index (χ4n) is 3.47. The number of hydrogen-bond donors (Lipinski definition) is 1. The second-order valence-corrected chi connectivity index (χ2v) is 6.97. The van der Waals surface area contributed by atoms with Crippen LogP contribution in [0.5, 0.6) is 0 Å².